The molecule has 3 aromatic rings. The summed E-state index contributed by atoms with van der Waals surface area (Å²) in [5, 5.41) is 8.11. The van der Waals surface area contributed by atoms with E-state index in [9.17, 15) is 12.8 Å². The SMILES string of the molecule is CCn1c(Oc2ccc(F)cc2)nnc1[C@@H](C)NS(=O)(=O)c1cc(C)sc1C. The van der Waals surface area contributed by atoms with Gasteiger partial charge >= 0.3 is 6.01 Å². The Morgan fingerprint density at radius 1 is 1.25 bits per heavy atom. The molecule has 28 heavy (non-hydrogen) atoms. The van der Waals surface area contributed by atoms with Gasteiger partial charge in [-0.25, -0.2) is 17.5 Å². The van der Waals surface area contributed by atoms with E-state index in [0.29, 0.717) is 18.1 Å². The van der Waals surface area contributed by atoms with Crippen molar-refractivity contribution in [2.75, 3.05) is 0 Å². The summed E-state index contributed by atoms with van der Waals surface area (Å²) in [6, 6.07) is 6.77. The van der Waals surface area contributed by atoms with Gasteiger partial charge in [0, 0.05) is 16.3 Å². The molecule has 0 unspecified atom stereocenters. The molecular formula is C18H21FN4O3S2. The zero-order chi connectivity index (χ0) is 20.5. The molecule has 0 saturated carbocycles. The molecule has 1 atom stereocenters. The van der Waals surface area contributed by atoms with Gasteiger partial charge in [0.15, 0.2) is 5.82 Å². The maximum absolute atomic E-state index is 13.1. The molecule has 0 radical (unpaired) electrons. The van der Waals surface area contributed by atoms with Gasteiger partial charge in [0.25, 0.3) is 0 Å². The highest BCUT2D eigenvalue weighted by atomic mass is 32.2. The van der Waals surface area contributed by atoms with Crippen molar-refractivity contribution in [2.45, 2.75) is 45.2 Å². The first-order valence-corrected chi connectivity index (χ1v) is 11.0. The second-order valence-corrected chi connectivity index (χ2v) is 9.40. The van der Waals surface area contributed by atoms with E-state index in [1.54, 1.807) is 24.5 Å². The molecule has 0 aliphatic rings. The van der Waals surface area contributed by atoms with Crippen LogP contribution in [0.25, 0.3) is 0 Å². The number of aryl methyl sites for hydroxylation is 2. The number of benzene rings is 1. The van der Waals surface area contributed by atoms with Crippen molar-refractivity contribution in [1.82, 2.24) is 19.5 Å². The lowest BCUT2D eigenvalue weighted by atomic mass is 10.3. The van der Waals surface area contributed by atoms with Gasteiger partial charge in [-0.05, 0) is 58.0 Å². The van der Waals surface area contributed by atoms with Gasteiger partial charge < -0.3 is 4.74 Å². The van der Waals surface area contributed by atoms with Gasteiger partial charge in [-0.2, -0.15) is 0 Å². The third kappa shape index (κ3) is 4.23. The molecule has 0 spiro atoms. The highest BCUT2D eigenvalue weighted by Crippen LogP contribution is 2.27. The lowest BCUT2D eigenvalue weighted by Gasteiger charge is -2.15. The molecule has 0 amide bonds. The van der Waals surface area contributed by atoms with Crippen LogP contribution < -0.4 is 9.46 Å². The van der Waals surface area contributed by atoms with Crippen molar-refractivity contribution in [2.24, 2.45) is 0 Å². The van der Waals surface area contributed by atoms with Gasteiger partial charge in [0.05, 0.1) is 10.9 Å². The minimum absolute atomic E-state index is 0.206. The number of thiophene rings is 1. The van der Waals surface area contributed by atoms with Crippen molar-refractivity contribution in [1.29, 1.82) is 0 Å². The number of sulfonamides is 1. The molecule has 1 aromatic carbocycles. The summed E-state index contributed by atoms with van der Waals surface area (Å²) >= 11 is 1.43. The fourth-order valence-electron chi connectivity index (χ4n) is 2.82. The number of nitrogens with zero attached hydrogens (tertiary/aromatic N) is 3. The second kappa shape index (κ2) is 7.98. The summed E-state index contributed by atoms with van der Waals surface area (Å²) in [7, 11) is -3.70. The smallest absolute Gasteiger partial charge is 0.322 e. The molecule has 0 saturated heterocycles. The molecule has 2 aromatic heterocycles. The Balaban J connectivity index is 1.84. The van der Waals surface area contributed by atoms with E-state index in [1.807, 2.05) is 13.8 Å². The van der Waals surface area contributed by atoms with Crippen LogP contribution in [-0.2, 0) is 16.6 Å². The number of ether oxygens (including phenoxy) is 1. The first-order chi connectivity index (χ1) is 13.2. The van der Waals surface area contributed by atoms with E-state index in [0.717, 1.165) is 9.75 Å². The quantitative estimate of drug-likeness (QED) is 0.621. The number of hydrogen-bond acceptors (Lipinski definition) is 6. The van der Waals surface area contributed by atoms with E-state index >= 15 is 0 Å². The van der Waals surface area contributed by atoms with Crippen molar-refractivity contribution < 1.29 is 17.5 Å². The zero-order valence-electron chi connectivity index (χ0n) is 15.9. The fourth-order valence-corrected chi connectivity index (χ4v) is 5.58. The normalized spacial score (nSPS) is 12.9. The van der Waals surface area contributed by atoms with E-state index in [1.165, 1.54) is 35.6 Å². The third-order valence-electron chi connectivity index (χ3n) is 4.09. The monoisotopic (exact) mass is 424 g/mol. The number of halogens is 1. The Kier molecular flexibility index (Phi) is 5.82. The third-order valence-corrected chi connectivity index (χ3v) is 6.85. The van der Waals surface area contributed by atoms with Gasteiger partial charge in [-0.3, -0.25) is 4.57 Å². The van der Waals surface area contributed by atoms with Crippen LogP contribution >= 0.6 is 11.3 Å². The average Bonchev–Trinajstić information content (AvgIpc) is 3.19. The highest BCUT2D eigenvalue weighted by molar-refractivity contribution is 7.89. The van der Waals surface area contributed by atoms with Crippen LogP contribution in [0.5, 0.6) is 11.8 Å². The topological polar surface area (TPSA) is 86.1 Å². The van der Waals surface area contributed by atoms with E-state index < -0.39 is 16.1 Å². The molecule has 10 heteroatoms. The minimum Gasteiger partial charge on any atom is -0.424 e. The highest BCUT2D eigenvalue weighted by Gasteiger charge is 2.26. The predicted octanol–water partition coefficient (Wildman–Crippen LogP) is 3.95. The van der Waals surface area contributed by atoms with Crippen LogP contribution in [0.15, 0.2) is 35.2 Å². The first-order valence-electron chi connectivity index (χ1n) is 8.67. The van der Waals surface area contributed by atoms with Crippen molar-refractivity contribution in [3.63, 3.8) is 0 Å². The Hall–Kier alpha value is -2.30. The van der Waals surface area contributed by atoms with E-state index in [4.69, 9.17) is 4.74 Å². The standard InChI is InChI=1S/C18H21FN4O3S2/c1-5-23-17(20-21-18(23)26-15-8-6-14(19)7-9-15)12(3)22-28(24,25)16-10-11(2)27-13(16)4/h6-10,12,22H,5H2,1-4H3/t12-/m1/s1. The molecule has 2 heterocycles. The number of aromatic nitrogens is 3. The molecular weight excluding hydrogens is 403 g/mol. The maximum atomic E-state index is 13.1. The van der Waals surface area contributed by atoms with Crippen LogP contribution in [0.1, 0.15) is 35.5 Å². The van der Waals surface area contributed by atoms with Gasteiger partial charge in [-0.15, -0.1) is 16.4 Å². The summed E-state index contributed by atoms with van der Waals surface area (Å²) < 4.78 is 48.5. The lowest BCUT2D eigenvalue weighted by molar-refractivity contribution is 0.407. The Bertz CT molecular complexity index is 1070. The van der Waals surface area contributed by atoms with Crippen LogP contribution in [0.3, 0.4) is 0 Å². The maximum Gasteiger partial charge on any atom is 0.322 e. The molecule has 0 fully saturated rings. The zero-order valence-corrected chi connectivity index (χ0v) is 17.6. The molecule has 1 N–H and O–H groups in total. The molecule has 0 aliphatic carbocycles. The summed E-state index contributed by atoms with van der Waals surface area (Å²) in [5.41, 5.74) is 0. The minimum atomic E-state index is -3.70. The largest absolute Gasteiger partial charge is 0.424 e. The predicted molar refractivity (Wildman–Crippen MR) is 105 cm³/mol. The fraction of sp³-hybridized carbons (Fsp3) is 0.333. The van der Waals surface area contributed by atoms with Crippen LogP contribution in [-0.4, -0.2) is 23.2 Å². The van der Waals surface area contributed by atoms with E-state index in [-0.39, 0.29) is 16.7 Å². The first kappa shape index (κ1) is 20.4. The molecule has 7 nitrogen and oxygen atoms in total. The van der Waals surface area contributed by atoms with E-state index in [2.05, 4.69) is 14.9 Å². The lowest BCUT2D eigenvalue weighted by Crippen LogP contribution is -2.29. The Labute approximate surface area is 167 Å². The molecule has 3 rings (SSSR count). The number of hydrogen-bond donors (Lipinski definition) is 1. The van der Waals surface area contributed by atoms with Crippen molar-refractivity contribution in [3.05, 3.63) is 51.7 Å². The van der Waals surface area contributed by atoms with Gasteiger partial charge in [0.1, 0.15) is 11.6 Å². The summed E-state index contributed by atoms with van der Waals surface area (Å²) in [6.07, 6.45) is 0. The summed E-state index contributed by atoms with van der Waals surface area (Å²) in [4.78, 5) is 1.93. The summed E-state index contributed by atoms with van der Waals surface area (Å²) in [5.74, 6) is 0.465. The molecule has 0 aliphatic heterocycles. The summed E-state index contributed by atoms with van der Waals surface area (Å²) in [6.45, 7) is 7.69. The van der Waals surface area contributed by atoms with Crippen LogP contribution in [0, 0.1) is 19.7 Å². The average molecular weight is 425 g/mol. The molecule has 150 valence electrons. The molecule has 0 bridgehead atoms. The van der Waals surface area contributed by atoms with Crippen LogP contribution in [0.4, 0.5) is 4.39 Å². The number of rotatable bonds is 7. The Morgan fingerprint density at radius 2 is 1.93 bits per heavy atom. The van der Waals surface area contributed by atoms with Crippen molar-refractivity contribution >= 4 is 21.4 Å². The second-order valence-electron chi connectivity index (χ2n) is 6.26. The van der Waals surface area contributed by atoms with Gasteiger partial charge in [-0.1, -0.05) is 5.10 Å². The van der Waals surface area contributed by atoms with Gasteiger partial charge in [0.2, 0.25) is 10.0 Å². The van der Waals surface area contributed by atoms with Crippen LogP contribution in [0.2, 0.25) is 0 Å². The van der Waals surface area contributed by atoms with Crippen molar-refractivity contribution in [3.8, 4) is 11.8 Å². The number of nitrogens with one attached hydrogen (secondary N) is 1. The Morgan fingerprint density at radius 3 is 2.50 bits per heavy atom.